The Morgan fingerprint density at radius 2 is 2.23 bits per heavy atom. The molecule has 0 aliphatic heterocycles. The van der Waals surface area contributed by atoms with E-state index >= 15 is 0 Å². The van der Waals surface area contributed by atoms with E-state index in [9.17, 15) is 19.3 Å². The van der Waals surface area contributed by atoms with Crippen LogP contribution in [0, 0.1) is 15.9 Å². The molecule has 22 heavy (non-hydrogen) atoms. The summed E-state index contributed by atoms with van der Waals surface area (Å²) in [4.78, 5) is 21.6. The fourth-order valence-electron chi connectivity index (χ4n) is 1.82. The molecule has 0 fully saturated rings. The molecule has 8 nitrogen and oxygen atoms in total. The van der Waals surface area contributed by atoms with Crippen LogP contribution >= 0.6 is 0 Å². The Kier molecular flexibility index (Phi) is 4.35. The van der Waals surface area contributed by atoms with Crippen LogP contribution in [-0.2, 0) is 4.74 Å². The predicted molar refractivity (Wildman–Crippen MR) is 72.7 cm³/mol. The van der Waals surface area contributed by atoms with Gasteiger partial charge in [0.05, 0.1) is 30.4 Å². The third-order valence-electron chi connectivity index (χ3n) is 2.80. The molecule has 9 heteroatoms. The number of methoxy groups -OCH3 is 1. The van der Waals surface area contributed by atoms with Gasteiger partial charge in [-0.25, -0.2) is 9.48 Å². The monoisotopic (exact) mass is 309 g/mol. The van der Waals surface area contributed by atoms with Gasteiger partial charge in [-0.05, 0) is 13.0 Å². The molecule has 1 aromatic carbocycles. The minimum Gasteiger partial charge on any atom is -0.494 e. The Hall–Kier alpha value is -2.97. The lowest BCUT2D eigenvalue weighted by Gasteiger charge is -2.09. The molecule has 1 aromatic heterocycles. The number of ether oxygens (including phenoxy) is 2. The summed E-state index contributed by atoms with van der Waals surface area (Å²) in [6.07, 6.45) is 2.39. The van der Waals surface area contributed by atoms with E-state index in [0.29, 0.717) is 0 Å². The third kappa shape index (κ3) is 2.73. The first kappa shape index (κ1) is 15.4. The van der Waals surface area contributed by atoms with Gasteiger partial charge in [0.2, 0.25) is 5.82 Å². The fourth-order valence-corrected chi connectivity index (χ4v) is 1.82. The van der Waals surface area contributed by atoms with Gasteiger partial charge in [0, 0.05) is 12.3 Å². The highest BCUT2D eigenvalue weighted by Crippen LogP contribution is 2.31. The van der Waals surface area contributed by atoms with Crippen LogP contribution in [0.4, 0.5) is 10.1 Å². The van der Waals surface area contributed by atoms with Gasteiger partial charge in [-0.2, -0.15) is 9.49 Å². The van der Waals surface area contributed by atoms with E-state index in [1.807, 2.05) is 0 Å². The second kappa shape index (κ2) is 6.20. The van der Waals surface area contributed by atoms with Crippen LogP contribution in [0.3, 0.4) is 0 Å². The van der Waals surface area contributed by atoms with E-state index in [0.717, 1.165) is 10.7 Å². The number of esters is 1. The van der Waals surface area contributed by atoms with E-state index < -0.39 is 22.4 Å². The molecule has 2 aromatic rings. The van der Waals surface area contributed by atoms with E-state index in [1.165, 1.54) is 25.6 Å². The highest BCUT2D eigenvalue weighted by atomic mass is 19.1. The number of carbonyl (C=O) groups excluding carboxylic acids is 1. The number of nitro groups is 1. The molecule has 2 rings (SSSR count). The molecule has 0 saturated heterocycles. The Morgan fingerprint density at radius 3 is 2.82 bits per heavy atom. The van der Waals surface area contributed by atoms with Crippen molar-refractivity contribution in [1.29, 1.82) is 0 Å². The van der Waals surface area contributed by atoms with Crippen molar-refractivity contribution in [3.63, 3.8) is 0 Å². The summed E-state index contributed by atoms with van der Waals surface area (Å²) in [5.74, 6) is -1.69. The number of nitrogens with zero attached hydrogens (tertiary/aromatic N) is 3. The van der Waals surface area contributed by atoms with Gasteiger partial charge in [0.15, 0.2) is 0 Å². The largest absolute Gasteiger partial charge is 0.494 e. The maximum absolute atomic E-state index is 14.3. The number of hydrogen-bond acceptors (Lipinski definition) is 6. The maximum Gasteiger partial charge on any atom is 0.341 e. The molecule has 0 spiro atoms. The molecule has 0 N–H and O–H groups in total. The summed E-state index contributed by atoms with van der Waals surface area (Å²) >= 11 is 0. The Bertz CT molecular complexity index is 728. The minimum absolute atomic E-state index is 0.0432. The molecule has 0 bridgehead atoms. The zero-order valence-corrected chi connectivity index (χ0v) is 11.8. The van der Waals surface area contributed by atoms with Crippen LogP contribution in [0.25, 0.3) is 5.69 Å². The number of benzene rings is 1. The topological polar surface area (TPSA) is 96.5 Å². The average Bonchev–Trinajstić information content (AvgIpc) is 2.96. The molecule has 0 radical (unpaired) electrons. The Morgan fingerprint density at radius 1 is 1.50 bits per heavy atom. The molecular formula is C13H12FN3O5. The van der Waals surface area contributed by atoms with Gasteiger partial charge in [-0.1, -0.05) is 0 Å². The predicted octanol–water partition coefficient (Wildman–Crippen LogP) is 2.10. The van der Waals surface area contributed by atoms with Gasteiger partial charge in [0.1, 0.15) is 11.4 Å². The maximum atomic E-state index is 14.3. The normalized spacial score (nSPS) is 10.3. The molecule has 0 unspecified atom stereocenters. The summed E-state index contributed by atoms with van der Waals surface area (Å²) in [6, 6.07) is 2.25. The van der Waals surface area contributed by atoms with Gasteiger partial charge >= 0.3 is 11.7 Å². The molecule has 0 saturated carbocycles. The minimum atomic E-state index is -1.11. The van der Waals surface area contributed by atoms with Crippen molar-refractivity contribution in [3.8, 4) is 11.4 Å². The van der Waals surface area contributed by atoms with Crippen LogP contribution in [0.5, 0.6) is 5.75 Å². The van der Waals surface area contributed by atoms with Crippen molar-refractivity contribution in [2.24, 2.45) is 0 Å². The van der Waals surface area contributed by atoms with Crippen molar-refractivity contribution >= 4 is 11.7 Å². The summed E-state index contributed by atoms with van der Waals surface area (Å²) in [7, 11) is 1.29. The van der Waals surface area contributed by atoms with E-state index in [4.69, 9.17) is 9.47 Å². The van der Waals surface area contributed by atoms with Gasteiger partial charge in [-0.3, -0.25) is 10.1 Å². The summed E-state index contributed by atoms with van der Waals surface area (Å²) < 4.78 is 25.1. The van der Waals surface area contributed by atoms with Gasteiger partial charge in [0.25, 0.3) is 0 Å². The van der Waals surface area contributed by atoms with Crippen LogP contribution < -0.4 is 4.74 Å². The van der Waals surface area contributed by atoms with Gasteiger partial charge < -0.3 is 9.47 Å². The van der Waals surface area contributed by atoms with Crippen LogP contribution in [0.1, 0.15) is 17.3 Å². The van der Waals surface area contributed by atoms with E-state index in [1.54, 1.807) is 6.92 Å². The van der Waals surface area contributed by atoms with Crippen LogP contribution in [0.2, 0.25) is 0 Å². The molecule has 1 heterocycles. The van der Waals surface area contributed by atoms with Crippen molar-refractivity contribution in [2.45, 2.75) is 6.92 Å². The summed E-state index contributed by atoms with van der Waals surface area (Å²) in [6.45, 7) is 1.82. The lowest BCUT2D eigenvalue weighted by atomic mass is 10.2. The summed E-state index contributed by atoms with van der Waals surface area (Å²) in [5.41, 5.74) is -0.883. The SMILES string of the molecule is CCOC(=O)c1cnn(-c2c(OC)ccc([N+](=O)[O-])c2F)c1. The Labute approximate surface area is 124 Å². The van der Waals surface area contributed by atoms with Crippen molar-refractivity contribution in [2.75, 3.05) is 13.7 Å². The number of rotatable bonds is 5. The highest BCUT2D eigenvalue weighted by Gasteiger charge is 2.24. The lowest BCUT2D eigenvalue weighted by molar-refractivity contribution is -0.387. The van der Waals surface area contributed by atoms with E-state index in [-0.39, 0.29) is 23.6 Å². The molecular weight excluding hydrogens is 297 g/mol. The molecule has 0 aliphatic rings. The van der Waals surface area contributed by atoms with Crippen molar-refractivity contribution in [1.82, 2.24) is 9.78 Å². The standard InChI is InChI=1S/C13H12FN3O5/c1-3-22-13(18)8-6-15-16(7-8)12-10(21-2)5-4-9(11(12)14)17(19)20/h4-7H,3H2,1-2H3. The fraction of sp³-hybridized carbons (Fsp3) is 0.231. The van der Waals surface area contributed by atoms with Crippen molar-refractivity contribution in [3.05, 3.63) is 46.0 Å². The second-order valence-electron chi connectivity index (χ2n) is 4.10. The number of aromatic nitrogens is 2. The lowest BCUT2D eigenvalue weighted by Crippen LogP contribution is -2.06. The third-order valence-corrected chi connectivity index (χ3v) is 2.80. The van der Waals surface area contributed by atoms with Crippen LogP contribution in [0.15, 0.2) is 24.5 Å². The zero-order chi connectivity index (χ0) is 16.3. The number of hydrogen-bond donors (Lipinski definition) is 0. The number of halogens is 1. The van der Waals surface area contributed by atoms with Crippen molar-refractivity contribution < 1.29 is 23.6 Å². The molecule has 0 aliphatic carbocycles. The zero-order valence-electron chi connectivity index (χ0n) is 11.8. The first-order valence-electron chi connectivity index (χ1n) is 6.22. The summed E-state index contributed by atoms with van der Waals surface area (Å²) in [5, 5.41) is 14.7. The van der Waals surface area contributed by atoms with Gasteiger partial charge in [-0.15, -0.1) is 0 Å². The molecule has 0 amide bonds. The second-order valence-corrected chi connectivity index (χ2v) is 4.10. The number of carbonyl (C=O) groups is 1. The van der Waals surface area contributed by atoms with E-state index in [2.05, 4.69) is 5.10 Å². The van der Waals surface area contributed by atoms with Crippen LogP contribution in [-0.4, -0.2) is 34.4 Å². The molecule has 116 valence electrons. The quantitative estimate of drug-likeness (QED) is 0.477. The first-order valence-corrected chi connectivity index (χ1v) is 6.22. The average molecular weight is 309 g/mol. The first-order chi connectivity index (χ1) is 10.5. The number of nitro benzene ring substituents is 1. The molecule has 0 atom stereocenters. The Balaban J connectivity index is 2.54. The highest BCUT2D eigenvalue weighted by molar-refractivity contribution is 5.88. The smallest absolute Gasteiger partial charge is 0.341 e.